The number of halogens is 1. The summed E-state index contributed by atoms with van der Waals surface area (Å²) in [6.07, 6.45) is 1.72. The third-order valence-electron chi connectivity index (χ3n) is 3.43. The lowest BCUT2D eigenvalue weighted by Crippen LogP contribution is -2.29. The standard InChI is InChI=1S/C14H13ClN2O2/c15-13-11-4-2-1-3-10(11)12(7-16-13)14(19)17-6-5-9(18)8-17/h1-4,7,9,18H,5-6,8H2/t9-/m1/s1. The Morgan fingerprint density at radius 1 is 1.37 bits per heavy atom. The van der Waals surface area contributed by atoms with E-state index in [1.807, 2.05) is 24.3 Å². The normalized spacial score (nSPS) is 19.1. The van der Waals surface area contributed by atoms with Crippen LogP contribution in [0.1, 0.15) is 16.8 Å². The molecule has 1 N–H and O–H groups in total. The van der Waals surface area contributed by atoms with Crippen LogP contribution in [0.25, 0.3) is 10.8 Å². The van der Waals surface area contributed by atoms with E-state index in [0.717, 1.165) is 10.8 Å². The van der Waals surface area contributed by atoms with Gasteiger partial charge in [0.25, 0.3) is 5.91 Å². The van der Waals surface area contributed by atoms with E-state index in [9.17, 15) is 9.90 Å². The van der Waals surface area contributed by atoms with Crippen molar-refractivity contribution in [2.75, 3.05) is 13.1 Å². The number of likely N-dealkylation sites (tertiary alicyclic amines) is 1. The third kappa shape index (κ3) is 2.17. The zero-order valence-corrected chi connectivity index (χ0v) is 11.0. The number of aromatic nitrogens is 1. The summed E-state index contributed by atoms with van der Waals surface area (Å²) in [7, 11) is 0. The highest BCUT2D eigenvalue weighted by molar-refractivity contribution is 6.34. The number of aliphatic hydroxyl groups is 1. The quantitative estimate of drug-likeness (QED) is 0.812. The summed E-state index contributed by atoms with van der Waals surface area (Å²) in [4.78, 5) is 18.2. The highest BCUT2D eigenvalue weighted by Gasteiger charge is 2.26. The molecule has 4 nitrogen and oxygen atoms in total. The van der Waals surface area contributed by atoms with E-state index in [1.165, 1.54) is 6.20 Å². The predicted molar refractivity (Wildman–Crippen MR) is 73.3 cm³/mol. The molecule has 0 aliphatic carbocycles. The lowest BCUT2D eigenvalue weighted by molar-refractivity contribution is 0.0766. The molecule has 19 heavy (non-hydrogen) atoms. The van der Waals surface area contributed by atoms with E-state index in [0.29, 0.717) is 30.2 Å². The summed E-state index contributed by atoms with van der Waals surface area (Å²) in [5, 5.41) is 11.5. The second-order valence-electron chi connectivity index (χ2n) is 4.70. The minimum Gasteiger partial charge on any atom is -0.391 e. The molecule has 1 amide bonds. The van der Waals surface area contributed by atoms with E-state index >= 15 is 0 Å². The van der Waals surface area contributed by atoms with Gasteiger partial charge in [-0.1, -0.05) is 35.9 Å². The van der Waals surface area contributed by atoms with Gasteiger partial charge in [0, 0.05) is 24.7 Å². The second kappa shape index (κ2) is 4.79. The largest absolute Gasteiger partial charge is 0.391 e. The first-order valence-electron chi connectivity index (χ1n) is 6.17. The fraction of sp³-hybridized carbons (Fsp3) is 0.286. The van der Waals surface area contributed by atoms with Crippen LogP contribution in [0.4, 0.5) is 0 Å². The van der Waals surface area contributed by atoms with Gasteiger partial charge in [0.05, 0.1) is 11.7 Å². The molecule has 2 aromatic rings. The van der Waals surface area contributed by atoms with Crippen LogP contribution in [0.15, 0.2) is 30.5 Å². The molecule has 3 rings (SSSR count). The van der Waals surface area contributed by atoms with Gasteiger partial charge < -0.3 is 10.0 Å². The summed E-state index contributed by atoms with van der Waals surface area (Å²) in [6, 6.07) is 7.45. The van der Waals surface area contributed by atoms with Crippen LogP contribution in [0, 0.1) is 0 Å². The predicted octanol–water partition coefficient (Wildman–Crippen LogP) is 2.09. The zero-order valence-electron chi connectivity index (χ0n) is 10.2. The maximum Gasteiger partial charge on any atom is 0.256 e. The first-order valence-corrected chi connectivity index (χ1v) is 6.55. The summed E-state index contributed by atoms with van der Waals surface area (Å²) >= 11 is 6.04. The zero-order chi connectivity index (χ0) is 13.4. The molecule has 1 aliphatic rings. The van der Waals surface area contributed by atoms with Crippen LogP contribution < -0.4 is 0 Å². The number of fused-ring (bicyclic) bond motifs is 1. The maximum atomic E-state index is 12.4. The number of hydrogen-bond acceptors (Lipinski definition) is 3. The molecule has 0 bridgehead atoms. The molecule has 1 fully saturated rings. The van der Waals surface area contributed by atoms with Crippen LogP contribution >= 0.6 is 11.6 Å². The Morgan fingerprint density at radius 2 is 2.11 bits per heavy atom. The Morgan fingerprint density at radius 3 is 2.79 bits per heavy atom. The molecule has 1 saturated heterocycles. The van der Waals surface area contributed by atoms with Gasteiger partial charge in [-0.25, -0.2) is 4.98 Å². The van der Waals surface area contributed by atoms with Gasteiger partial charge in [0.15, 0.2) is 0 Å². The van der Waals surface area contributed by atoms with Gasteiger partial charge in [0.2, 0.25) is 0 Å². The van der Waals surface area contributed by atoms with Crippen molar-refractivity contribution in [2.24, 2.45) is 0 Å². The lowest BCUT2D eigenvalue weighted by Gasteiger charge is -2.16. The minimum absolute atomic E-state index is 0.100. The van der Waals surface area contributed by atoms with Crippen LogP contribution in [0.5, 0.6) is 0 Å². The SMILES string of the molecule is O=C(c1cnc(Cl)c2ccccc12)N1CC[C@@H](O)C1. The molecule has 0 spiro atoms. The van der Waals surface area contributed by atoms with Gasteiger partial charge >= 0.3 is 0 Å². The molecule has 98 valence electrons. The van der Waals surface area contributed by atoms with Crippen molar-refractivity contribution in [2.45, 2.75) is 12.5 Å². The van der Waals surface area contributed by atoms with Crippen LogP contribution in [-0.4, -0.2) is 40.1 Å². The fourth-order valence-electron chi connectivity index (χ4n) is 2.43. The van der Waals surface area contributed by atoms with Crippen molar-refractivity contribution in [3.05, 3.63) is 41.2 Å². The fourth-order valence-corrected chi connectivity index (χ4v) is 2.64. The van der Waals surface area contributed by atoms with E-state index in [2.05, 4.69) is 4.98 Å². The molecule has 1 aliphatic heterocycles. The average molecular weight is 277 g/mol. The summed E-state index contributed by atoms with van der Waals surface area (Å²) < 4.78 is 0. The molecule has 1 atom stereocenters. The lowest BCUT2D eigenvalue weighted by atomic mass is 10.1. The van der Waals surface area contributed by atoms with Gasteiger partial charge in [-0.15, -0.1) is 0 Å². The van der Waals surface area contributed by atoms with E-state index in [1.54, 1.807) is 4.90 Å². The van der Waals surface area contributed by atoms with Crippen molar-refractivity contribution < 1.29 is 9.90 Å². The highest BCUT2D eigenvalue weighted by Crippen LogP contribution is 2.26. The second-order valence-corrected chi connectivity index (χ2v) is 5.06. The molecule has 1 aromatic heterocycles. The summed E-state index contributed by atoms with van der Waals surface area (Å²) in [5.74, 6) is -0.100. The monoisotopic (exact) mass is 276 g/mol. The van der Waals surface area contributed by atoms with Crippen LogP contribution in [0.2, 0.25) is 5.15 Å². The number of carbonyl (C=O) groups is 1. The summed E-state index contributed by atoms with van der Waals surface area (Å²) in [6.45, 7) is 0.965. The minimum atomic E-state index is -0.421. The number of pyridine rings is 1. The molecule has 5 heteroatoms. The van der Waals surface area contributed by atoms with Crippen molar-refractivity contribution in [1.82, 2.24) is 9.88 Å². The van der Waals surface area contributed by atoms with Gasteiger partial charge in [-0.05, 0) is 11.8 Å². The number of benzene rings is 1. The first-order chi connectivity index (χ1) is 9.16. The summed E-state index contributed by atoms with van der Waals surface area (Å²) in [5.41, 5.74) is 0.536. The van der Waals surface area contributed by atoms with Crippen molar-refractivity contribution in [1.29, 1.82) is 0 Å². The number of nitrogens with zero attached hydrogens (tertiary/aromatic N) is 2. The number of amides is 1. The molecule has 0 unspecified atom stereocenters. The highest BCUT2D eigenvalue weighted by atomic mass is 35.5. The number of carbonyl (C=O) groups excluding carboxylic acids is 1. The Labute approximate surface area is 115 Å². The Kier molecular flexibility index (Phi) is 3.12. The molecular formula is C14H13ClN2O2. The van der Waals surface area contributed by atoms with Crippen molar-refractivity contribution in [3.8, 4) is 0 Å². The van der Waals surface area contributed by atoms with Crippen molar-refractivity contribution in [3.63, 3.8) is 0 Å². The number of aliphatic hydroxyl groups excluding tert-OH is 1. The molecule has 1 aromatic carbocycles. The van der Waals surface area contributed by atoms with Crippen molar-refractivity contribution >= 4 is 28.3 Å². The number of hydrogen-bond donors (Lipinski definition) is 1. The molecular weight excluding hydrogens is 264 g/mol. The maximum absolute atomic E-state index is 12.4. The van der Waals surface area contributed by atoms with Gasteiger partial charge in [0.1, 0.15) is 5.15 Å². The van der Waals surface area contributed by atoms with E-state index in [4.69, 9.17) is 11.6 Å². The Hall–Kier alpha value is -1.65. The van der Waals surface area contributed by atoms with Crippen LogP contribution in [0.3, 0.4) is 0 Å². The number of β-amino-alcohol motifs (C(OH)–C–C–N with tert-alkyl or cyclic N) is 1. The van der Waals surface area contributed by atoms with Gasteiger partial charge in [-0.2, -0.15) is 0 Å². The average Bonchev–Trinajstić information content (AvgIpc) is 2.86. The van der Waals surface area contributed by atoms with Gasteiger partial charge in [-0.3, -0.25) is 4.79 Å². The number of rotatable bonds is 1. The Balaban J connectivity index is 2.06. The molecule has 0 radical (unpaired) electrons. The molecule has 2 heterocycles. The van der Waals surface area contributed by atoms with E-state index in [-0.39, 0.29) is 5.91 Å². The smallest absolute Gasteiger partial charge is 0.256 e. The third-order valence-corrected chi connectivity index (χ3v) is 3.73. The topological polar surface area (TPSA) is 53.4 Å². The first kappa shape index (κ1) is 12.4. The van der Waals surface area contributed by atoms with E-state index < -0.39 is 6.10 Å². The Bertz CT molecular complexity index is 644. The van der Waals surface area contributed by atoms with Crippen LogP contribution in [-0.2, 0) is 0 Å². The molecule has 0 saturated carbocycles.